The number of hydrogen-bond donors (Lipinski definition) is 0. The molecule has 0 bridgehead atoms. The molecule has 0 saturated heterocycles. The number of carbonyl (C=O) groups excluding carboxylic acids is 1. The van der Waals surface area contributed by atoms with Crippen LogP contribution in [0.5, 0.6) is 0 Å². The van der Waals surface area contributed by atoms with E-state index in [2.05, 4.69) is 10.2 Å². The molecule has 2 heterocycles. The Hall–Kier alpha value is -2.96. The van der Waals surface area contributed by atoms with Gasteiger partial charge in [0, 0.05) is 37.6 Å². The van der Waals surface area contributed by atoms with Gasteiger partial charge in [0.25, 0.3) is 5.91 Å². The number of aromatic nitrogens is 4. The number of aryl methyl sites for hydroxylation is 1. The zero-order valence-corrected chi connectivity index (χ0v) is 14.4. The molecule has 7 heteroatoms. The Labute approximate surface area is 145 Å². The van der Waals surface area contributed by atoms with Crippen molar-refractivity contribution in [3.05, 3.63) is 66.0 Å². The summed E-state index contributed by atoms with van der Waals surface area (Å²) in [7, 11) is 1.84. The average molecular weight is 341 g/mol. The van der Waals surface area contributed by atoms with Crippen molar-refractivity contribution in [2.24, 2.45) is 7.05 Å². The summed E-state index contributed by atoms with van der Waals surface area (Å²) in [5, 5.41) is 8.27. The summed E-state index contributed by atoms with van der Waals surface area (Å²) in [6.45, 7) is 4.36. The number of halogens is 1. The highest BCUT2D eigenvalue weighted by atomic mass is 19.1. The lowest BCUT2D eigenvalue weighted by molar-refractivity contribution is 0.0690. The first-order valence-corrected chi connectivity index (χ1v) is 8.04. The molecule has 6 nitrogen and oxygen atoms in total. The van der Waals surface area contributed by atoms with Gasteiger partial charge in [-0.3, -0.25) is 9.48 Å². The van der Waals surface area contributed by atoms with E-state index >= 15 is 0 Å². The maximum Gasteiger partial charge on any atom is 0.257 e. The Bertz CT molecular complexity index is 883. The van der Waals surface area contributed by atoms with Gasteiger partial charge >= 0.3 is 0 Å². The van der Waals surface area contributed by atoms with Gasteiger partial charge in [0.2, 0.25) is 0 Å². The van der Waals surface area contributed by atoms with E-state index in [4.69, 9.17) is 0 Å². The van der Waals surface area contributed by atoms with Crippen LogP contribution in [0.15, 0.2) is 49.1 Å². The zero-order chi connectivity index (χ0) is 18.0. The Kier molecular flexibility index (Phi) is 4.65. The second kappa shape index (κ2) is 6.88. The highest BCUT2D eigenvalue weighted by Crippen LogP contribution is 2.16. The highest BCUT2D eigenvalue weighted by Gasteiger charge is 2.21. The van der Waals surface area contributed by atoms with E-state index in [1.165, 1.54) is 16.9 Å². The van der Waals surface area contributed by atoms with Crippen LogP contribution in [0.2, 0.25) is 0 Å². The summed E-state index contributed by atoms with van der Waals surface area (Å²) in [5.74, 6) is -0.540. The number of carbonyl (C=O) groups is 1. The fourth-order valence-corrected chi connectivity index (χ4v) is 2.61. The maximum absolute atomic E-state index is 13.9. The molecule has 0 saturated carbocycles. The van der Waals surface area contributed by atoms with Crippen molar-refractivity contribution in [1.82, 2.24) is 24.5 Å². The monoisotopic (exact) mass is 341 g/mol. The third-order valence-corrected chi connectivity index (χ3v) is 3.92. The predicted octanol–water partition coefficient (Wildman–Crippen LogP) is 2.80. The van der Waals surface area contributed by atoms with Gasteiger partial charge in [-0.15, -0.1) is 0 Å². The molecule has 0 atom stereocenters. The van der Waals surface area contributed by atoms with E-state index in [9.17, 15) is 9.18 Å². The fourth-order valence-electron chi connectivity index (χ4n) is 2.61. The van der Waals surface area contributed by atoms with Crippen molar-refractivity contribution in [3.8, 4) is 5.69 Å². The van der Waals surface area contributed by atoms with Crippen LogP contribution in [-0.2, 0) is 13.6 Å². The first-order chi connectivity index (χ1) is 12.0. The molecule has 0 spiro atoms. The van der Waals surface area contributed by atoms with Crippen LogP contribution in [0.4, 0.5) is 4.39 Å². The van der Waals surface area contributed by atoms with E-state index in [1.807, 2.05) is 27.1 Å². The van der Waals surface area contributed by atoms with E-state index in [1.54, 1.807) is 40.2 Å². The van der Waals surface area contributed by atoms with Crippen LogP contribution in [0.3, 0.4) is 0 Å². The Morgan fingerprint density at radius 1 is 1.20 bits per heavy atom. The van der Waals surface area contributed by atoms with E-state index in [-0.39, 0.29) is 17.8 Å². The number of amides is 1. The minimum Gasteiger partial charge on any atom is -0.332 e. The standard InChI is InChI=1S/C18H20FN5O/c1-13(2)23(11-14-8-20-22(3)10-14)18(25)15-9-21-24(12-15)17-7-5-4-6-16(17)19/h4-10,12-13H,11H2,1-3H3. The molecule has 1 amide bonds. The van der Waals surface area contributed by atoms with Crippen molar-refractivity contribution in [2.75, 3.05) is 0 Å². The minimum atomic E-state index is -0.388. The van der Waals surface area contributed by atoms with Crippen molar-refractivity contribution >= 4 is 5.91 Å². The first kappa shape index (κ1) is 16.9. The maximum atomic E-state index is 13.9. The number of rotatable bonds is 5. The largest absolute Gasteiger partial charge is 0.332 e. The molecule has 3 rings (SSSR count). The summed E-state index contributed by atoms with van der Waals surface area (Å²) >= 11 is 0. The molecule has 0 N–H and O–H groups in total. The summed E-state index contributed by atoms with van der Waals surface area (Å²) in [6, 6.07) is 6.32. The summed E-state index contributed by atoms with van der Waals surface area (Å²) in [4.78, 5) is 14.6. The average Bonchev–Trinajstić information content (AvgIpc) is 3.21. The predicted molar refractivity (Wildman–Crippen MR) is 91.7 cm³/mol. The molecule has 130 valence electrons. The van der Waals surface area contributed by atoms with Gasteiger partial charge in [0.15, 0.2) is 0 Å². The fraction of sp³-hybridized carbons (Fsp3) is 0.278. The molecule has 2 aromatic heterocycles. The first-order valence-electron chi connectivity index (χ1n) is 8.04. The number of hydrogen-bond acceptors (Lipinski definition) is 3. The SMILES string of the molecule is CC(C)N(Cc1cnn(C)c1)C(=O)c1cnn(-c2ccccc2F)c1. The molecule has 0 aliphatic rings. The van der Waals surface area contributed by atoms with Gasteiger partial charge in [-0.2, -0.15) is 10.2 Å². The van der Waals surface area contributed by atoms with Crippen LogP contribution < -0.4 is 0 Å². The van der Waals surface area contributed by atoms with Gasteiger partial charge in [-0.1, -0.05) is 12.1 Å². The lowest BCUT2D eigenvalue weighted by Crippen LogP contribution is -2.36. The number of nitrogens with zero attached hydrogens (tertiary/aromatic N) is 5. The summed E-state index contributed by atoms with van der Waals surface area (Å²) in [6.07, 6.45) is 6.64. The minimum absolute atomic E-state index is 0.00418. The smallest absolute Gasteiger partial charge is 0.257 e. The Morgan fingerprint density at radius 3 is 2.60 bits per heavy atom. The second-order valence-corrected chi connectivity index (χ2v) is 6.17. The van der Waals surface area contributed by atoms with Gasteiger partial charge in [-0.25, -0.2) is 9.07 Å². The van der Waals surface area contributed by atoms with Crippen molar-refractivity contribution in [2.45, 2.75) is 26.4 Å². The summed E-state index contributed by atoms with van der Waals surface area (Å²) in [5.41, 5.74) is 1.68. The van der Waals surface area contributed by atoms with E-state index in [0.717, 1.165) is 5.56 Å². The van der Waals surface area contributed by atoms with Gasteiger partial charge < -0.3 is 4.90 Å². The van der Waals surface area contributed by atoms with Crippen LogP contribution in [0.1, 0.15) is 29.8 Å². The van der Waals surface area contributed by atoms with E-state index in [0.29, 0.717) is 17.8 Å². The molecule has 0 unspecified atom stereocenters. The molecule has 3 aromatic rings. The molecule has 1 aromatic carbocycles. The lowest BCUT2D eigenvalue weighted by Gasteiger charge is -2.25. The van der Waals surface area contributed by atoms with Crippen molar-refractivity contribution in [3.63, 3.8) is 0 Å². The number of para-hydroxylation sites is 1. The highest BCUT2D eigenvalue weighted by molar-refractivity contribution is 5.94. The van der Waals surface area contributed by atoms with Gasteiger partial charge in [0.1, 0.15) is 11.5 Å². The summed E-state index contributed by atoms with van der Waals surface area (Å²) < 4.78 is 17.0. The topological polar surface area (TPSA) is 56.0 Å². The van der Waals surface area contributed by atoms with Gasteiger partial charge in [-0.05, 0) is 26.0 Å². The van der Waals surface area contributed by atoms with Crippen LogP contribution in [0.25, 0.3) is 5.69 Å². The van der Waals surface area contributed by atoms with Crippen LogP contribution in [-0.4, -0.2) is 36.4 Å². The molecule has 0 fully saturated rings. The molecule has 0 aliphatic carbocycles. The van der Waals surface area contributed by atoms with Crippen LogP contribution in [0, 0.1) is 5.82 Å². The third kappa shape index (κ3) is 3.60. The molecule has 0 radical (unpaired) electrons. The Morgan fingerprint density at radius 2 is 1.96 bits per heavy atom. The molecule has 0 aliphatic heterocycles. The molecular weight excluding hydrogens is 321 g/mol. The quantitative estimate of drug-likeness (QED) is 0.717. The normalized spacial score (nSPS) is 11.1. The van der Waals surface area contributed by atoms with Gasteiger partial charge in [0.05, 0.1) is 18.0 Å². The number of benzene rings is 1. The lowest BCUT2D eigenvalue weighted by atomic mass is 10.2. The zero-order valence-electron chi connectivity index (χ0n) is 14.4. The van der Waals surface area contributed by atoms with Crippen molar-refractivity contribution in [1.29, 1.82) is 0 Å². The Balaban J connectivity index is 1.84. The second-order valence-electron chi connectivity index (χ2n) is 6.17. The van der Waals surface area contributed by atoms with Crippen LogP contribution >= 0.6 is 0 Å². The third-order valence-electron chi connectivity index (χ3n) is 3.92. The van der Waals surface area contributed by atoms with Crippen molar-refractivity contribution < 1.29 is 9.18 Å². The molecular formula is C18H20FN5O. The molecule has 25 heavy (non-hydrogen) atoms. The van der Waals surface area contributed by atoms with E-state index < -0.39 is 0 Å².